The summed E-state index contributed by atoms with van der Waals surface area (Å²) in [5.74, 6) is -7.14. The third-order valence-electron chi connectivity index (χ3n) is 5.26. The zero-order chi connectivity index (χ0) is 28.8. The number of benzene rings is 1. The van der Waals surface area contributed by atoms with Crippen molar-refractivity contribution in [2.75, 3.05) is 10.5 Å². The molecule has 0 aliphatic heterocycles. The van der Waals surface area contributed by atoms with Crippen LogP contribution in [0.5, 0.6) is 0 Å². The summed E-state index contributed by atoms with van der Waals surface area (Å²) in [5.41, 5.74) is -2.02. The van der Waals surface area contributed by atoms with Gasteiger partial charge >= 0.3 is 12.4 Å². The van der Waals surface area contributed by atoms with Gasteiger partial charge in [0.25, 0.3) is 0 Å². The van der Waals surface area contributed by atoms with E-state index in [0.717, 1.165) is 18.6 Å². The lowest BCUT2D eigenvalue weighted by atomic mass is 10.0. The number of halogens is 8. The van der Waals surface area contributed by atoms with Crippen LogP contribution in [0.3, 0.4) is 0 Å². The van der Waals surface area contributed by atoms with Crippen LogP contribution < -0.4 is 4.72 Å². The second-order valence-electron chi connectivity index (χ2n) is 8.01. The molecule has 0 spiro atoms. The fourth-order valence-corrected chi connectivity index (χ4v) is 4.50. The number of carbonyl (C=O) groups excluding carboxylic acids is 1. The Morgan fingerprint density at radius 3 is 2.18 bits per heavy atom. The molecule has 3 heterocycles. The van der Waals surface area contributed by atoms with Crippen LogP contribution in [0.15, 0.2) is 43.0 Å². The van der Waals surface area contributed by atoms with Gasteiger partial charge in [0.2, 0.25) is 15.8 Å². The van der Waals surface area contributed by atoms with Gasteiger partial charge < -0.3 is 4.98 Å². The molecule has 0 unspecified atom stereocenters. The summed E-state index contributed by atoms with van der Waals surface area (Å²) < 4.78 is 130. The Balaban J connectivity index is 1.68. The van der Waals surface area contributed by atoms with Crippen molar-refractivity contribution >= 4 is 32.5 Å². The van der Waals surface area contributed by atoms with Gasteiger partial charge in [0.15, 0.2) is 11.6 Å². The van der Waals surface area contributed by atoms with E-state index < -0.39 is 69.0 Å². The van der Waals surface area contributed by atoms with E-state index in [4.69, 9.17) is 0 Å². The Kier molecular flexibility index (Phi) is 7.05. The Labute approximate surface area is 213 Å². The number of nitrogens with zero attached hydrogens (tertiary/aromatic N) is 3. The number of nitrogens with one attached hydrogen (secondary N) is 2. The van der Waals surface area contributed by atoms with E-state index in [1.165, 1.54) is 17.0 Å². The Bertz CT molecular complexity index is 1670. The summed E-state index contributed by atoms with van der Waals surface area (Å²) in [4.78, 5) is 26.3. The van der Waals surface area contributed by atoms with Gasteiger partial charge in [-0.3, -0.25) is 9.52 Å². The van der Waals surface area contributed by atoms with Crippen molar-refractivity contribution in [3.8, 4) is 11.1 Å². The monoisotopic (exact) mass is 579 g/mol. The molecule has 0 fully saturated rings. The number of rotatable bonds is 7. The van der Waals surface area contributed by atoms with E-state index in [1.54, 1.807) is 0 Å². The maximum atomic E-state index is 15.1. The van der Waals surface area contributed by atoms with Crippen molar-refractivity contribution in [3.05, 3.63) is 71.6 Å². The molecule has 0 aliphatic rings. The zero-order valence-corrected chi connectivity index (χ0v) is 19.8. The number of fused-ring (bicyclic) bond motifs is 1. The van der Waals surface area contributed by atoms with Crippen LogP contribution in [0.1, 0.15) is 28.2 Å². The number of carbonyl (C=O) groups is 1. The molecule has 4 aromatic rings. The molecule has 8 nitrogen and oxygen atoms in total. The molecule has 17 heteroatoms. The molecule has 0 saturated carbocycles. The van der Waals surface area contributed by atoms with Gasteiger partial charge in [0.1, 0.15) is 17.2 Å². The number of hydrogen-bond donors (Lipinski definition) is 2. The minimum absolute atomic E-state index is 0.0634. The van der Waals surface area contributed by atoms with E-state index in [0.29, 0.717) is 12.1 Å². The predicted molar refractivity (Wildman–Crippen MR) is 120 cm³/mol. The van der Waals surface area contributed by atoms with Crippen molar-refractivity contribution in [1.82, 2.24) is 19.9 Å². The highest BCUT2D eigenvalue weighted by molar-refractivity contribution is 7.92. The number of anilines is 1. The summed E-state index contributed by atoms with van der Waals surface area (Å²) in [7, 11) is -4.85. The van der Waals surface area contributed by atoms with E-state index in [-0.39, 0.29) is 27.7 Å². The van der Waals surface area contributed by atoms with Gasteiger partial charge in [-0.1, -0.05) is 0 Å². The van der Waals surface area contributed by atoms with Crippen LogP contribution in [0.25, 0.3) is 22.2 Å². The molecule has 0 saturated heterocycles. The SMILES string of the molecule is O=C(c1ccc(F)c(NS(=O)(=O)CCC(F)(F)F)c1F)c1c[nH]c2ncc(-c3cnc(C(F)(F)F)nc3)cc12. The van der Waals surface area contributed by atoms with Gasteiger partial charge in [0.05, 0.1) is 17.7 Å². The first-order chi connectivity index (χ1) is 18.1. The molecule has 2 N–H and O–H groups in total. The quantitative estimate of drug-likeness (QED) is 0.228. The number of sulfonamides is 1. The average molecular weight is 579 g/mol. The van der Waals surface area contributed by atoms with E-state index >= 15 is 4.39 Å². The third-order valence-corrected chi connectivity index (χ3v) is 6.52. The highest BCUT2D eigenvalue weighted by atomic mass is 32.2. The summed E-state index contributed by atoms with van der Waals surface area (Å²) >= 11 is 0. The predicted octanol–water partition coefficient (Wildman–Crippen LogP) is 5.24. The molecule has 0 amide bonds. The topological polar surface area (TPSA) is 118 Å². The van der Waals surface area contributed by atoms with E-state index in [2.05, 4.69) is 19.9 Å². The van der Waals surface area contributed by atoms with Crippen LogP contribution in [0.2, 0.25) is 0 Å². The molecule has 3 aromatic heterocycles. The first-order valence-corrected chi connectivity index (χ1v) is 12.2. The molecule has 0 radical (unpaired) electrons. The van der Waals surface area contributed by atoms with Crippen LogP contribution in [0, 0.1) is 11.6 Å². The van der Waals surface area contributed by atoms with Crippen LogP contribution in [-0.4, -0.2) is 46.1 Å². The number of ketones is 1. The highest BCUT2D eigenvalue weighted by Gasteiger charge is 2.34. The van der Waals surface area contributed by atoms with E-state index in [9.17, 15) is 43.9 Å². The maximum Gasteiger partial charge on any atom is 0.451 e. The minimum atomic E-state index is -4.85. The highest BCUT2D eigenvalue weighted by Crippen LogP contribution is 2.31. The van der Waals surface area contributed by atoms with Crippen molar-refractivity contribution in [2.45, 2.75) is 18.8 Å². The molecular formula is C22H13F8N5O3S. The van der Waals surface area contributed by atoms with Gasteiger partial charge in [-0.2, -0.15) is 26.3 Å². The summed E-state index contributed by atoms with van der Waals surface area (Å²) in [6.45, 7) is 0. The van der Waals surface area contributed by atoms with Crippen LogP contribution in [0.4, 0.5) is 40.8 Å². The zero-order valence-electron chi connectivity index (χ0n) is 19.0. The fourth-order valence-electron chi connectivity index (χ4n) is 3.40. The van der Waals surface area contributed by atoms with E-state index in [1.807, 2.05) is 0 Å². The standard InChI is InChI=1S/C22H13F8N5O3S/c23-15-2-1-12(16(24)17(15)35-39(37,38)4-3-21(25,26)27)18(36)14-9-32-19-13(14)5-10(6-31-19)11-7-33-20(34-8-11)22(28,29)30/h1-2,5-9,35H,3-4H2,(H,31,32). The normalized spacial score (nSPS) is 12.6. The van der Waals surface area contributed by atoms with Crippen molar-refractivity contribution < 1.29 is 48.3 Å². The number of aromatic amines is 1. The molecule has 0 aliphatic carbocycles. The first-order valence-electron chi connectivity index (χ1n) is 10.5. The molecule has 0 bridgehead atoms. The molecule has 206 valence electrons. The third kappa shape index (κ3) is 6.13. The number of alkyl halides is 6. The largest absolute Gasteiger partial charge is 0.451 e. The van der Waals surface area contributed by atoms with Crippen molar-refractivity contribution in [3.63, 3.8) is 0 Å². The smallest absolute Gasteiger partial charge is 0.345 e. The minimum Gasteiger partial charge on any atom is -0.345 e. The molecule has 0 atom stereocenters. The molecular weight excluding hydrogens is 566 g/mol. The fraction of sp³-hybridized carbons (Fsp3) is 0.182. The molecule has 39 heavy (non-hydrogen) atoms. The lowest BCUT2D eigenvalue weighted by molar-refractivity contribution is -0.145. The van der Waals surface area contributed by atoms with Crippen LogP contribution in [-0.2, 0) is 16.2 Å². The Morgan fingerprint density at radius 2 is 1.56 bits per heavy atom. The number of hydrogen-bond acceptors (Lipinski definition) is 6. The van der Waals surface area contributed by atoms with Crippen molar-refractivity contribution in [1.29, 1.82) is 0 Å². The first kappa shape index (κ1) is 27.9. The van der Waals surface area contributed by atoms with Crippen LogP contribution >= 0.6 is 0 Å². The molecule has 1 aromatic carbocycles. The van der Waals surface area contributed by atoms with Gasteiger partial charge in [0, 0.05) is 46.9 Å². The average Bonchev–Trinajstić information content (AvgIpc) is 3.28. The Morgan fingerprint density at radius 1 is 0.923 bits per heavy atom. The Hall–Kier alpha value is -4.15. The van der Waals surface area contributed by atoms with Gasteiger partial charge in [-0.05, 0) is 18.2 Å². The molecule has 4 rings (SSSR count). The summed E-state index contributed by atoms with van der Waals surface area (Å²) in [5, 5.41) is 0.0634. The van der Waals surface area contributed by atoms with Gasteiger partial charge in [-0.15, -0.1) is 0 Å². The number of pyridine rings is 1. The number of aromatic nitrogens is 4. The number of H-pyrrole nitrogens is 1. The van der Waals surface area contributed by atoms with Crippen molar-refractivity contribution in [2.24, 2.45) is 0 Å². The summed E-state index contributed by atoms with van der Waals surface area (Å²) in [6, 6.07) is 2.58. The maximum absolute atomic E-state index is 15.1. The summed E-state index contributed by atoms with van der Waals surface area (Å²) in [6.07, 6.45) is -7.29. The second-order valence-corrected chi connectivity index (χ2v) is 9.86. The second kappa shape index (κ2) is 9.87. The lowest BCUT2D eigenvalue weighted by Gasteiger charge is -2.13. The lowest BCUT2D eigenvalue weighted by Crippen LogP contribution is -2.23. The van der Waals surface area contributed by atoms with Gasteiger partial charge in [-0.25, -0.2) is 32.2 Å².